The predicted molar refractivity (Wildman–Crippen MR) is 91.1 cm³/mol. The van der Waals surface area contributed by atoms with Crippen LogP contribution in [0.4, 0.5) is 4.39 Å². The highest BCUT2D eigenvalue weighted by Gasteiger charge is 2.51. The molecule has 1 aromatic rings. The first kappa shape index (κ1) is 17.9. The summed E-state index contributed by atoms with van der Waals surface area (Å²) >= 11 is 0. The number of nitrogens with zero attached hydrogens (tertiary/aromatic N) is 1. The Bertz CT molecular complexity index is 626. The van der Waals surface area contributed by atoms with Crippen molar-refractivity contribution >= 4 is 11.8 Å². The summed E-state index contributed by atoms with van der Waals surface area (Å²) in [4.78, 5) is 26.8. The molecule has 1 aromatic carbocycles. The second-order valence-corrected chi connectivity index (χ2v) is 7.00. The van der Waals surface area contributed by atoms with Gasteiger partial charge in [-0.05, 0) is 30.5 Å². The molecule has 6 heteroatoms. The molecule has 1 N–H and O–H groups in total. The number of halogens is 1. The molecule has 0 saturated carbocycles. The molecule has 0 aliphatic carbocycles. The number of benzene rings is 1. The van der Waals surface area contributed by atoms with Crippen molar-refractivity contribution in [3.63, 3.8) is 0 Å². The molecule has 2 heterocycles. The molecule has 1 unspecified atom stereocenters. The van der Waals surface area contributed by atoms with Gasteiger partial charge >= 0.3 is 0 Å². The van der Waals surface area contributed by atoms with E-state index in [9.17, 15) is 14.0 Å². The Hall–Kier alpha value is -1.95. The monoisotopic (exact) mass is 348 g/mol. The first-order valence-electron chi connectivity index (χ1n) is 8.92. The van der Waals surface area contributed by atoms with Gasteiger partial charge in [0.1, 0.15) is 5.82 Å². The lowest BCUT2D eigenvalue weighted by molar-refractivity contribution is -0.130. The second kappa shape index (κ2) is 7.52. The van der Waals surface area contributed by atoms with E-state index in [1.807, 2.05) is 11.8 Å². The van der Waals surface area contributed by atoms with E-state index in [-0.39, 0.29) is 29.0 Å². The summed E-state index contributed by atoms with van der Waals surface area (Å²) < 4.78 is 18.5. The smallest absolute Gasteiger partial charge is 0.225 e. The van der Waals surface area contributed by atoms with Crippen LogP contribution in [-0.4, -0.2) is 43.0 Å². The van der Waals surface area contributed by atoms with Crippen LogP contribution in [0.2, 0.25) is 0 Å². The van der Waals surface area contributed by atoms with Gasteiger partial charge in [-0.15, -0.1) is 0 Å². The largest absolute Gasteiger partial charge is 0.381 e. The summed E-state index contributed by atoms with van der Waals surface area (Å²) in [5, 5.41) is 2.97. The van der Waals surface area contributed by atoms with Gasteiger partial charge in [0, 0.05) is 44.7 Å². The number of rotatable bonds is 4. The van der Waals surface area contributed by atoms with E-state index in [2.05, 4.69) is 5.32 Å². The number of nitrogens with one attached hydrogen (secondary N) is 1. The third-order valence-electron chi connectivity index (χ3n) is 5.49. The van der Waals surface area contributed by atoms with Gasteiger partial charge < -0.3 is 15.0 Å². The molecule has 2 fully saturated rings. The number of hydrogen-bond acceptors (Lipinski definition) is 3. The lowest BCUT2D eigenvalue weighted by Gasteiger charge is -2.37. The quantitative estimate of drug-likeness (QED) is 0.907. The Morgan fingerprint density at radius 2 is 1.96 bits per heavy atom. The molecule has 2 aliphatic rings. The molecule has 25 heavy (non-hydrogen) atoms. The molecule has 2 amide bonds. The van der Waals surface area contributed by atoms with Crippen molar-refractivity contribution in [2.45, 2.75) is 32.7 Å². The fourth-order valence-electron chi connectivity index (χ4n) is 3.94. The van der Waals surface area contributed by atoms with Crippen LogP contribution in [0.15, 0.2) is 24.3 Å². The molecular weight excluding hydrogens is 323 g/mol. The highest BCUT2D eigenvalue weighted by Crippen LogP contribution is 2.44. The zero-order chi connectivity index (χ0) is 17.9. The minimum atomic E-state index is -0.291. The van der Waals surface area contributed by atoms with E-state index < -0.39 is 0 Å². The molecule has 1 spiro atoms. The maximum Gasteiger partial charge on any atom is 0.225 e. The molecule has 136 valence electrons. The van der Waals surface area contributed by atoms with Gasteiger partial charge in [-0.1, -0.05) is 19.1 Å². The fraction of sp³-hybridized carbons (Fsp3) is 0.579. The maximum absolute atomic E-state index is 13.0. The second-order valence-electron chi connectivity index (χ2n) is 7.00. The van der Waals surface area contributed by atoms with Crippen LogP contribution in [0.25, 0.3) is 0 Å². The standard InChI is InChI=1S/C19H25FN2O3/c1-2-17(23)22-12-16(19(13-22)7-9-25-10-8-19)18(24)21-11-14-3-5-15(20)6-4-14/h3-6,16H,2,7-13H2,1H3,(H,21,24). The minimum Gasteiger partial charge on any atom is -0.381 e. The van der Waals surface area contributed by atoms with Crippen molar-refractivity contribution < 1.29 is 18.7 Å². The Kier molecular flexibility index (Phi) is 5.37. The lowest BCUT2D eigenvalue weighted by Crippen LogP contribution is -2.44. The number of likely N-dealkylation sites (tertiary alicyclic amines) is 1. The molecule has 0 aromatic heterocycles. The lowest BCUT2D eigenvalue weighted by atomic mass is 9.71. The van der Waals surface area contributed by atoms with Crippen molar-refractivity contribution in [2.75, 3.05) is 26.3 Å². The molecule has 3 rings (SSSR count). The van der Waals surface area contributed by atoms with Crippen LogP contribution < -0.4 is 5.32 Å². The topological polar surface area (TPSA) is 58.6 Å². The molecule has 2 saturated heterocycles. The third kappa shape index (κ3) is 3.84. The molecular formula is C19H25FN2O3. The summed E-state index contributed by atoms with van der Waals surface area (Å²) in [6.07, 6.45) is 2.06. The van der Waals surface area contributed by atoms with E-state index in [4.69, 9.17) is 4.74 Å². The summed E-state index contributed by atoms with van der Waals surface area (Å²) in [5.74, 6) is -0.439. The normalized spacial score (nSPS) is 22.2. The van der Waals surface area contributed by atoms with Crippen molar-refractivity contribution in [2.24, 2.45) is 11.3 Å². The number of amides is 2. The van der Waals surface area contributed by atoms with E-state index in [1.165, 1.54) is 12.1 Å². The Morgan fingerprint density at radius 1 is 1.28 bits per heavy atom. The van der Waals surface area contributed by atoms with Crippen molar-refractivity contribution in [1.82, 2.24) is 10.2 Å². The van der Waals surface area contributed by atoms with Gasteiger partial charge in [0.2, 0.25) is 11.8 Å². The van der Waals surface area contributed by atoms with Crippen LogP contribution in [0.1, 0.15) is 31.7 Å². The third-order valence-corrected chi connectivity index (χ3v) is 5.49. The SMILES string of the molecule is CCC(=O)N1CC(C(=O)NCc2ccc(F)cc2)C2(CCOCC2)C1. The summed E-state index contributed by atoms with van der Waals surface area (Å²) in [6.45, 7) is 4.59. The van der Waals surface area contributed by atoms with Gasteiger partial charge in [-0.25, -0.2) is 4.39 Å². The van der Waals surface area contributed by atoms with Crippen LogP contribution in [0, 0.1) is 17.2 Å². The van der Waals surface area contributed by atoms with Gasteiger partial charge in [-0.3, -0.25) is 9.59 Å². The van der Waals surface area contributed by atoms with Crippen molar-refractivity contribution in [3.05, 3.63) is 35.6 Å². The number of ether oxygens (including phenoxy) is 1. The molecule has 1 atom stereocenters. The van der Waals surface area contributed by atoms with Gasteiger partial charge in [0.05, 0.1) is 5.92 Å². The van der Waals surface area contributed by atoms with Gasteiger partial charge in [0.25, 0.3) is 0 Å². The number of hydrogen-bond donors (Lipinski definition) is 1. The first-order chi connectivity index (χ1) is 12.0. The maximum atomic E-state index is 13.0. The van der Waals surface area contributed by atoms with E-state index in [1.54, 1.807) is 12.1 Å². The zero-order valence-electron chi connectivity index (χ0n) is 14.6. The molecule has 0 radical (unpaired) electrons. The van der Waals surface area contributed by atoms with Crippen LogP contribution in [0.3, 0.4) is 0 Å². The molecule has 0 bridgehead atoms. The highest BCUT2D eigenvalue weighted by molar-refractivity contribution is 5.83. The van der Waals surface area contributed by atoms with Crippen molar-refractivity contribution in [3.8, 4) is 0 Å². The summed E-state index contributed by atoms with van der Waals surface area (Å²) in [6, 6.07) is 6.11. The van der Waals surface area contributed by atoms with E-state index >= 15 is 0 Å². The fourth-order valence-corrected chi connectivity index (χ4v) is 3.94. The van der Waals surface area contributed by atoms with Crippen LogP contribution in [-0.2, 0) is 20.9 Å². The van der Waals surface area contributed by atoms with E-state index in [0.717, 1.165) is 18.4 Å². The van der Waals surface area contributed by atoms with E-state index in [0.29, 0.717) is 39.3 Å². The minimum absolute atomic E-state index is 0.0300. The number of carbonyl (C=O) groups excluding carboxylic acids is 2. The van der Waals surface area contributed by atoms with Gasteiger partial charge in [-0.2, -0.15) is 0 Å². The molecule has 2 aliphatic heterocycles. The van der Waals surface area contributed by atoms with Crippen LogP contribution >= 0.6 is 0 Å². The highest BCUT2D eigenvalue weighted by atomic mass is 19.1. The Labute approximate surface area is 147 Å². The summed E-state index contributed by atoms with van der Waals surface area (Å²) in [7, 11) is 0. The summed E-state index contributed by atoms with van der Waals surface area (Å²) in [5.41, 5.74) is 0.672. The predicted octanol–water partition coefficient (Wildman–Crippen LogP) is 2.11. The average molecular weight is 348 g/mol. The van der Waals surface area contributed by atoms with Crippen molar-refractivity contribution in [1.29, 1.82) is 0 Å². The van der Waals surface area contributed by atoms with Crippen LogP contribution in [0.5, 0.6) is 0 Å². The zero-order valence-corrected chi connectivity index (χ0v) is 14.6. The first-order valence-corrected chi connectivity index (χ1v) is 8.92. The molecule has 5 nitrogen and oxygen atoms in total. The van der Waals surface area contributed by atoms with Gasteiger partial charge in [0.15, 0.2) is 0 Å². The Balaban J connectivity index is 1.69. The average Bonchev–Trinajstić information content (AvgIpc) is 2.99. The Morgan fingerprint density at radius 3 is 2.60 bits per heavy atom. The number of carbonyl (C=O) groups is 2.